The predicted octanol–water partition coefficient (Wildman–Crippen LogP) is 3.46. The monoisotopic (exact) mass is 366 g/mol. The Hall–Kier alpha value is -1.40. The van der Waals surface area contributed by atoms with Crippen LogP contribution < -0.4 is 0 Å². The third-order valence-electron chi connectivity index (χ3n) is 4.02. The van der Waals surface area contributed by atoms with E-state index in [0.717, 1.165) is 42.9 Å². The van der Waals surface area contributed by atoms with Gasteiger partial charge in [0, 0.05) is 6.61 Å². The van der Waals surface area contributed by atoms with Crippen LogP contribution in [0.3, 0.4) is 0 Å². The molecule has 1 fully saturated rings. The highest BCUT2D eigenvalue weighted by molar-refractivity contribution is 9.09. The number of hydrogen-bond donors (Lipinski definition) is 0. The number of carbonyl (C=O) groups excluding carboxylic acids is 1. The van der Waals surface area contributed by atoms with Crippen LogP contribution in [-0.2, 0) is 16.0 Å². The van der Waals surface area contributed by atoms with E-state index in [4.69, 9.17) is 14.5 Å². The summed E-state index contributed by atoms with van der Waals surface area (Å²) in [5.74, 6) is 0.650. The third kappa shape index (κ3) is 2.77. The van der Waals surface area contributed by atoms with Crippen LogP contribution in [0, 0.1) is 0 Å². The molecule has 1 unspecified atom stereocenters. The zero-order valence-electron chi connectivity index (χ0n) is 12.7. The van der Waals surface area contributed by atoms with Gasteiger partial charge in [0.1, 0.15) is 5.82 Å². The number of hydrogen-bond acceptors (Lipinski definition) is 4. The second-order valence-electron chi connectivity index (χ2n) is 5.43. The van der Waals surface area contributed by atoms with Gasteiger partial charge in [-0.05, 0) is 31.0 Å². The molecule has 0 spiro atoms. The quantitative estimate of drug-likeness (QED) is 0.600. The molecule has 0 radical (unpaired) electrons. The van der Waals surface area contributed by atoms with E-state index in [1.54, 1.807) is 6.07 Å². The third-order valence-corrected chi connectivity index (χ3v) is 5.07. The van der Waals surface area contributed by atoms with E-state index in [-0.39, 0.29) is 16.9 Å². The van der Waals surface area contributed by atoms with Gasteiger partial charge in [0.2, 0.25) is 0 Å². The first-order valence-electron chi connectivity index (χ1n) is 7.48. The van der Waals surface area contributed by atoms with Crippen LogP contribution in [0.25, 0.3) is 11.0 Å². The van der Waals surface area contributed by atoms with E-state index >= 15 is 0 Å². The molecular weight excluding hydrogens is 348 g/mol. The van der Waals surface area contributed by atoms with Gasteiger partial charge in [0.15, 0.2) is 0 Å². The summed E-state index contributed by atoms with van der Waals surface area (Å²) >= 11 is 3.69. The molecule has 5 nitrogen and oxygen atoms in total. The molecule has 0 saturated carbocycles. The number of rotatable bonds is 5. The normalized spacial score (nSPS) is 19.0. The maximum Gasteiger partial charge on any atom is 0.337 e. The Balaban J connectivity index is 2.08. The Morgan fingerprint density at radius 1 is 1.59 bits per heavy atom. The van der Waals surface area contributed by atoms with Gasteiger partial charge >= 0.3 is 5.97 Å². The summed E-state index contributed by atoms with van der Waals surface area (Å²) in [6, 6.07) is 5.48. The van der Waals surface area contributed by atoms with E-state index < -0.39 is 0 Å². The van der Waals surface area contributed by atoms with Gasteiger partial charge in [-0.2, -0.15) is 0 Å². The molecule has 0 aliphatic carbocycles. The summed E-state index contributed by atoms with van der Waals surface area (Å²) in [6.07, 6.45) is 2.24. The second kappa shape index (κ2) is 6.38. The van der Waals surface area contributed by atoms with Crippen molar-refractivity contribution in [2.24, 2.45) is 0 Å². The number of imidazole rings is 1. The summed E-state index contributed by atoms with van der Waals surface area (Å²) in [6.45, 7) is 3.70. The maximum atomic E-state index is 11.8. The van der Waals surface area contributed by atoms with Gasteiger partial charge in [-0.25, -0.2) is 9.78 Å². The summed E-state index contributed by atoms with van der Waals surface area (Å²) < 4.78 is 12.5. The molecule has 0 bridgehead atoms. The first-order chi connectivity index (χ1) is 10.6. The zero-order valence-corrected chi connectivity index (χ0v) is 14.3. The van der Waals surface area contributed by atoms with Crippen LogP contribution in [0.4, 0.5) is 0 Å². The van der Waals surface area contributed by atoms with Crippen LogP contribution in [-0.4, -0.2) is 35.3 Å². The lowest BCUT2D eigenvalue weighted by Crippen LogP contribution is -2.31. The van der Waals surface area contributed by atoms with Gasteiger partial charge in [-0.15, -0.1) is 0 Å². The molecule has 22 heavy (non-hydrogen) atoms. The smallest absolute Gasteiger partial charge is 0.337 e. The first-order valence-corrected chi connectivity index (χ1v) is 8.39. The van der Waals surface area contributed by atoms with Crippen LogP contribution in [0.15, 0.2) is 18.2 Å². The highest BCUT2D eigenvalue weighted by Crippen LogP contribution is 2.30. The van der Waals surface area contributed by atoms with Crippen molar-refractivity contribution >= 4 is 32.9 Å². The van der Waals surface area contributed by atoms with Crippen molar-refractivity contribution in [3.8, 4) is 0 Å². The standard InChI is InChI=1S/C16H19BrN2O3/c1-3-12(17)15-18-13-5-4-10(16(20)21-2)8-14(13)19(15)9-11-6-7-22-11/h4-5,8,11-12H,3,6-7,9H2,1-2H3/t11?,12-/m0/s1. The number of fused-ring (bicyclic) bond motifs is 1. The number of aromatic nitrogens is 2. The van der Waals surface area contributed by atoms with E-state index in [1.807, 2.05) is 12.1 Å². The zero-order chi connectivity index (χ0) is 15.7. The molecule has 2 atom stereocenters. The second-order valence-corrected chi connectivity index (χ2v) is 6.54. The predicted molar refractivity (Wildman–Crippen MR) is 87.4 cm³/mol. The highest BCUT2D eigenvalue weighted by Gasteiger charge is 2.24. The molecule has 3 rings (SSSR count). The molecule has 118 valence electrons. The van der Waals surface area contributed by atoms with E-state index in [1.165, 1.54) is 7.11 Å². The molecule has 0 amide bonds. The van der Waals surface area contributed by atoms with Gasteiger partial charge in [-0.1, -0.05) is 22.9 Å². The lowest BCUT2D eigenvalue weighted by atomic mass is 10.1. The number of benzene rings is 1. The summed E-state index contributed by atoms with van der Waals surface area (Å²) in [5, 5.41) is 0. The highest BCUT2D eigenvalue weighted by atomic mass is 79.9. The topological polar surface area (TPSA) is 53.3 Å². The van der Waals surface area contributed by atoms with Crippen LogP contribution in [0.2, 0.25) is 0 Å². The van der Waals surface area contributed by atoms with E-state index in [9.17, 15) is 4.79 Å². The van der Waals surface area contributed by atoms with E-state index in [2.05, 4.69) is 27.4 Å². The molecule has 1 aromatic carbocycles. The molecular formula is C16H19BrN2O3. The lowest BCUT2D eigenvalue weighted by molar-refractivity contribution is -0.0590. The molecule has 2 aromatic rings. The summed E-state index contributed by atoms with van der Waals surface area (Å²) in [4.78, 5) is 16.7. The Morgan fingerprint density at radius 2 is 2.36 bits per heavy atom. The van der Waals surface area contributed by atoms with Crippen molar-refractivity contribution in [1.82, 2.24) is 9.55 Å². The minimum absolute atomic E-state index is 0.182. The molecule has 1 aromatic heterocycles. The van der Waals surface area contributed by atoms with Gasteiger partial charge in [0.25, 0.3) is 0 Å². The Kier molecular flexibility index (Phi) is 4.49. The van der Waals surface area contributed by atoms with E-state index in [0.29, 0.717) is 5.56 Å². The SMILES string of the molecule is CC[C@H](Br)c1nc2ccc(C(=O)OC)cc2n1CC1CCO1. The minimum atomic E-state index is -0.332. The maximum absolute atomic E-state index is 11.8. The molecule has 1 aliphatic heterocycles. The summed E-state index contributed by atoms with van der Waals surface area (Å²) in [7, 11) is 1.39. The number of methoxy groups -OCH3 is 1. The van der Waals surface area contributed by atoms with Crippen LogP contribution >= 0.6 is 15.9 Å². The molecule has 2 heterocycles. The number of nitrogens with zero attached hydrogens (tertiary/aromatic N) is 2. The lowest BCUT2D eigenvalue weighted by Gasteiger charge is -2.28. The first kappa shape index (κ1) is 15.5. The molecule has 0 N–H and O–H groups in total. The van der Waals surface area contributed by atoms with Gasteiger partial charge in [-0.3, -0.25) is 0 Å². The van der Waals surface area contributed by atoms with Crippen molar-refractivity contribution < 1.29 is 14.3 Å². The minimum Gasteiger partial charge on any atom is -0.465 e. The summed E-state index contributed by atoms with van der Waals surface area (Å²) in [5.41, 5.74) is 2.38. The van der Waals surface area contributed by atoms with Crippen molar-refractivity contribution in [2.45, 2.75) is 37.2 Å². The number of esters is 1. The average molecular weight is 367 g/mol. The number of ether oxygens (including phenoxy) is 2. The fraction of sp³-hybridized carbons (Fsp3) is 0.500. The van der Waals surface area contributed by atoms with Crippen LogP contribution in [0.5, 0.6) is 0 Å². The Morgan fingerprint density at radius 3 is 2.95 bits per heavy atom. The molecule has 1 aliphatic rings. The van der Waals surface area contributed by atoms with Crippen LogP contribution in [0.1, 0.15) is 40.8 Å². The van der Waals surface area contributed by atoms with Gasteiger partial charge < -0.3 is 14.0 Å². The fourth-order valence-corrected chi connectivity index (χ4v) is 2.98. The Labute approximate surface area is 137 Å². The van der Waals surface area contributed by atoms with Crippen molar-refractivity contribution in [3.05, 3.63) is 29.6 Å². The fourth-order valence-electron chi connectivity index (χ4n) is 2.63. The number of halogens is 1. The number of carbonyl (C=O) groups is 1. The largest absolute Gasteiger partial charge is 0.465 e. The number of alkyl halides is 1. The van der Waals surface area contributed by atoms with Gasteiger partial charge in [0.05, 0.1) is 41.2 Å². The van der Waals surface area contributed by atoms with Crippen molar-refractivity contribution in [2.75, 3.05) is 13.7 Å². The average Bonchev–Trinajstić information content (AvgIpc) is 2.86. The van der Waals surface area contributed by atoms with Crippen molar-refractivity contribution in [1.29, 1.82) is 0 Å². The Bertz CT molecular complexity index is 694. The van der Waals surface area contributed by atoms with Crippen molar-refractivity contribution in [3.63, 3.8) is 0 Å². The molecule has 6 heteroatoms. The molecule has 1 saturated heterocycles.